The maximum atomic E-state index is 5.65. The van der Waals surface area contributed by atoms with E-state index in [4.69, 9.17) is 15.2 Å². The Morgan fingerprint density at radius 3 is 2.56 bits per heavy atom. The van der Waals surface area contributed by atoms with E-state index in [1.54, 1.807) is 7.11 Å². The fourth-order valence-corrected chi connectivity index (χ4v) is 2.27. The highest BCUT2D eigenvalue weighted by molar-refractivity contribution is 9.10. The molecule has 0 aliphatic rings. The van der Waals surface area contributed by atoms with Crippen molar-refractivity contribution in [2.45, 2.75) is 25.7 Å². The number of rotatable bonds is 7. The van der Waals surface area contributed by atoms with Crippen LogP contribution in [0.1, 0.15) is 25.8 Å². The molecule has 0 radical (unpaired) electrons. The van der Waals surface area contributed by atoms with Gasteiger partial charge in [0.2, 0.25) is 0 Å². The quantitative estimate of drug-likeness (QED) is 0.786. The second-order valence-electron chi connectivity index (χ2n) is 4.91. The number of nitrogens with two attached hydrogens (primary N) is 1. The fraction of sp³-hybridized carbons (Fsp3) is 0.571. The number of benzene rings is 1. The fourth-order valence-electron chi connectivity index (χ4n) is 1.78. The summed E-state index contributed by atoms with van der Waals surface area (Å²) in [5.41, 5.74) is 7.00. The second kappa shape index (κ2) is 7.12. The largest absolute Gasteiger partial charge is 0.490 e. The molecule has 0 heterocycles. The van der Waals surface area contributed by atoms with Gasteiger partial charge in [-0.1, -0.05) is 19.9 Å². The monoisotopic (exact) mass is 315 g/mol. The van der Waals surface area contributed by atoms with Gasteiger partial charge in [0, 0.05) is 7.11 Å². The van der Waals surface area contributed by atoms with E-state index in [2.05, 4.69) is 41.9 Å². The Labute approximate surface area is 118 Å². The molecule has 102 valence electrons. The van der Waals surface area contributed by atoms with E-state index in [-0.39, 0.29) is 5.41 Å². The van der Waals surface area contributed by atoms with Crippen molar-refractivity contribution in [2.24, 2.45) is 5.73 Å². The summed E-state index contributed by atoms with van der Waals surface area (Å²) in [6.45, 7) is 6.24. The summed E-state index contributed by atoms with van der Waals surface area (Å²) in [7, 11) is 1.66. The summed E-state index contributed by atoms with van der Waals surface area (Å²) < 4.78 is 11.5. The Balaban J connectivity index is 2.78. The highest BCUT2D eigenvalue weighted by Crippen LogP contribution is 2.33. The van der Waals surface area contributed by atoms with Crippen molar-refractivity contribution in [3.8, 4) is 5.75 Å². The Kier molecular flexibility index (Phi) is 6.12. The first-order chi connectivity index (χ1) is 8.51. The number of ether oxygens (including phenoxy) is 2. The molecule has 2 N–H and O–H groups in total. The minimum absolute atomic E-state index is 0.0856. The zero-order valence-electron chi connectivity index (χ0n) is 11.3. The smallest absolute Gasteiger partial charge is 0.133 e. The van der Waals surface area contributed by atoms with E-state index in [0.29, 0.717) is 19.8 Å². The van der Waals surface area contributed by atoms with Crippen molar-refractivity contribution in [3.63, 3.8) is 0 Å². The third-order valence-electron chi connectivity index (χ3n) is 3.03. The molecule has 0 bridgehead atoms. The summed E-state index contributed by atoms with van der Waals surface area (Å²) in [6, 6.07) is 6.20. The third kappa shape index (κ3) is 4.26. The first-order valence-corrected chi connectivity index (χ1v) is 6.92. The average Bonchev–Trinajstić information content (AvgIpc) is 2.31. The highest BCUT2D eigenvalue weighted by Gasteiger charge is 2.20. The molecule has 3 nitrogen and oxygen atoms in total. The van der Waals surface area contributed by atoms with Gasteiger partial charge in [0.05, 0.1) is 11.1 Å². The van der Waals surface area contributed by atoms with Gasteiger partial charge >= 0.3 is 0 Å². The van der Waals surface area contributed by atoms with Crippen LogP contribution in [0.15, 0.2) is 22.7 Å². The average molecular weight is 316 g/mol. The lowest BCUT2D eigenvalue weighted by Gasteiger charge is -2.25. The predicted molar refractivity (Wildman–Crippen MR) is 78.2 cm³/mol. The van der Waals surface area contributed by atoms with Crippen LogP contribution in [-0.2, 0) is 10.2 Å². The predicted octanol–water partition coefficient (Wildman–Crippen LogP) is 3.10. The Morgan fingerprint density at radius 1 is 1.28 bits per heavy atom. The molecule has 0 fully saturated rings. The molecule has 0 aliphatic carbocycles. The van der Waals surface area contributed by atoms with Crippen LogP contribution in [0.3, 0.4) is 0 Å². The normalized spacial score (nSPS) is 11.6. The van der Waals surface area contributed by atoms with Gasteiger partial charge in [-0.15, -0.1) is 0 Å². The van der Waals surface area contributed by atoms with Gasteiger partial charge in [-0.25, -0.2) is 0 Å². The van der Waals surface area contributed by atoms with Crippen molar-refractivity contribution in [3.05, 3.63) is 28.2 Å². The minimum atomic E-state index is 0.0856. The highest BCUT2D eigenvalue weighted by atomic mass is 79.9. The zero-order chi connectivity index (χ0) is 13.6. The van der Waals surface area contributed by atoms with Crippen LogP contribution in [0.25, 0.3) is 0 Å². The van der Waals surface area contributed by atoms with Crippen LogP contribution in [0.4, 0.5) is 0 Å². The summed E-state index contributed by atoms with van der Waals surface area (Å²) in [4.78, 5) is 0. The van der Waals surface area contributed by atoms with Crippen molar-refractivity contribution >= 4 is 15.9 Å². The molecule has 0 aliphatic heterocycles. The summed E-state index contributed by atoms with van der Waals surface area (Å²) in [5, 5.41) is 0. The SMILES string of the molecule is COCCOc1ccc(C(C)(C)CCN)cc1Br. The number of halogens is 1. The molecule has 0 unspecified atom stereocenters. The number of hydrogen-bond donors (Lipinski definition) is 1. The van der Waals surface area contributed by atoms with Crippen LogP contribution in [0.5, 0.6) is 5.75 Å². The molecular formula is C14H22BrNO2. The molecule has 1 aromatic rings. The Morgan fingerprint density at radius 2 is 2.00 bits per heavy atom. The van der Waals surface area contributed by atoms with E-state index < -0.39 is 0 Å². The van der Waals surface area contributed by atoms with Gasteiger partial charge < -0.3 is 15.2 Å². The molecule has 4 heteroatoms. The van der Waals surface area contributed by atoms with E-state index in [1.807, 2.05) is 6.07 Å². The van der Waals surface area contributed by atoms with Gasteiger partial charge in [-0.2, -0.15) is 0 Å². The Bertz CT molecular complexity index is 380. The standard InChI is InChI=1S/C14H22BrNO2/c1-14(2,6-7-16)11-4-5-13(12(15)10-11)18-9-8-17-3/h4-5,10H,6-9,16H2,1-3H3. The molecule has 0 aromatic heterocycles. The number of methoxy groups -OCH3 is 1. The van der Waals surface area contributed by atoms with Crippen LogP contribution in [-0.4, -0.2) is 26.9 Å². The summed E-state index contributed by atoms with van der Waals surface area (Å²) in [6.07, 6.45) is 0.962. The lowest BCUT2D eigenvalue weighted by molar-refractivity contribution is 0.146. The van der Waals surface area contributed by atoms with Crippen LogP contribution < -0.4 is 10.5 Å². The van der Waals surface area contributed by atoms with Crippen molar-refractivity contribution in [1.82, 2.24) is 0 Å². The maximum absolute atomic E-state index is 5.65. The van der Waals surface area contributed by atoms with Crippen LogP contribution in [0, 0.1) is 0 Å². The molecular weight excluding hydrogens is 294 g/mol. The molecule has 0 amide bonds. The van der Waals surface area contributed by atoms with Gasteiger partial charge in [0.1, 0.15) is 12.4 Å². The van der Waals surface area contributed by atoms with Crippen molar-refractivity contribution in [1.29, 1.82) is 0 Å². The van der Waals surface area contributed by atoms with Gasteiger partial charge in [0.15, 0.2) is 0 Å². The molecule has 18 heavy (non-hydrogen) atoms. The Hall–Kier alpha value is -0.580. The number of hydrogen-bond acceptors (Lipinski definition) is 3. The van der Waals surface area contributed by atoms with Crippen LogP contribution in [0.2, 0.25) is 0 Å². The van der Waals surface area contributed by atoms with Gasteiger partial charge in [-0.05, 0) is 52.0 Å². The lowest BCUT2D eigenvalue weighted by atomic mass is 9.82. The van der Waals surface area contributed by atoms with Crippen molar-refractivity contribution < 1.29 is 9.47 Å². The zero-order valence-corrected chi connectivity index (χ0v) is 12.9. The maximum Gasteiger partial charge on any atom is 0.133 e. The molecule has 1 rings (SSSR count). The van der Waals surface area contributed by atoms with E-state index in [0.717, 1.165) is 16.6 Å². The first kappa shape index (κ1) is 15.5. The second-order valence-corrected chi connectivity index (χ2v) is 5.76. The molecule has 0 atom stereocenters. The topological polar surface area (TPSA) is 44.5 Å². The molecule has 1 aromatic carbocycles. The first-order valence-electron chi connectivity index (χ1n) is 6.13. The van der Waals surface area contributed by atoms with Gasteiger partial charge in [0.25, 0.3) is 0 Å². The molecule has 0 saturated heterocycles. The van der Waals surface area contributed by atoms with Crippen LogP contribution >= 0.6 is 15.9 Å². The molecule has 0 saturated carbocycles. The lowest BCUT2D eigenvalue weighted by Crippen LogP contribution is -2.21. The van der Waals surface area contributed by atoms with E-state index in [1.165, 1.54) is 5.56 Å². The van der Waals surface area contributed by atoms with E-state index in [9.17, 15) is 0 Å². The third-order valence-corrected chi connectivity index (χ3v) is 3.65. The van der Waals surface area contributed by atoms with Crippen molar-refractivity contribution in [2.75, 3.05) is 26.9 Å². The van der Waals surface area contributed by atoms with Gasteiger partial charge in [-0.3, -0.25) is 0 Å². The summed E-state index contributed by atoms with van der Waals surface area (Å²) >= 11 is 3.55. The summed E-state index contributed by atoms with van der Waals surface area (Å²) in [5.74, 6) is 0.847. The molecule has 0 spiro atoms. The minimum Gasteiger partial charge on any atom is -0.490 e. The van der Waals surface area contributed by atoms with E-state index >= 15 is 0 Å².